The number of pyridine rings is 1. The van der Waals surface area contributed by atoms with Gasteiger partial charge >= 0.3 is 0 Å². The molecule has 0 fully saturated rings. The largest absolute Gasteiger partial charge is 0.293 e. The van der Waals surface area contributed by atoms with E-state index in [9.17, 15) is 0 Å². The van der Waals surface area contributed by atoms with Crippen LogP contribution in [0.25, 0.3) is 16.9 Å². The fourth-order valence-electron chi connectivity index (χ4n) is 1.94. The first-order valence-electron chi connectivity index (χ1n) is 5.58. The van der Waals surface area contributed by atoms with Gasteiger partial charge in [-0.1, -0.05) is 34.1 Å². The Hall–Kier alpha value is -1.77. The Morgan fingerprint density at radius 1 is 1.21 bits per heavy atom. The van der Waals surface area contributed by atoms with E-state index in [1.54, 1.807) is 0 Å². The Morgan fingerprint density at radius 3 is 2.89 bits per heavy atom. The van der Waals surface area contributed by atoms with Gasteiger partial charge in [-0.25, -0.2) is 4.98 Å². The van der Waals surface area contributed by atoms with Crippen LogP contribution in [0.3, 0.4) is 0 Å². The number of nitrogens with zero attached hydrogens (tertiary/aromatic N) is 3. The van der Waals surface area contributed by atoms with Crippen molar-refractivity contribution < 1.29 is 0 Å². The highest BCUT2D eigenvalue weighted by Gasteiger charge is 2.14. The molecule has 3 aromatic rings. The van der Waals surface area contributed by atoms with Crippen LogP contribution in [0.2, 0.25) is 0 Å². The maximum atomic E-state index is 8.99. The fourth-order valence-corrected chi connectivity index (χ4v) is 2.94. The molecule has 0 aliphatic carbocycles. The van der Waals surface area contributed by atoms with Crippen LogP contribution < -0.4 is 0 Å². The van der Waals surface area contributed by atoms with E-state index in [0.29, 0.717) is 0 Å². The molecular weight excluding hydrogens is 322 g/mol. The maximum Gasteiger partial charge on any atom is 0.140 e. The second-order valence-corrected chi connectivity index (χ2v) is 5.59. The van der Waals surface area contributed by atoms with Crippen LogP contribution >= 0.6 is 27.7 Å². The van der Waals surface area contributed by atoms with Crippen molar-refractivity contribution in [2.45, 2.75) is 5.03 Å². The van der Waals surface area contributed by atoms with E-state index < -0.39 is 0 Å². The zero-order valence-corrected chi connectivity index (χ0v) is 12.1. The number of imidazole rings is 1. The summed E-state index contributed by atoms with van der Waals surface area (Å²) in [5.41, 5.74) is 2.67. The Kier molecular flexibility index (Phi) is 3.28. The summed E-state index contributed by atoms with van der Waals surface area (Å²) in [4.78, 5) is 4.61. The molecule has 0 saturated heterocycles. The molecule has 0 radical (unpaired) electrons. The third-order valence-corrected chi connectivity index (χ3v) is 3.89. The molecule has 5 heteroatoms. The van der Waals surface area contributed by atoms with Crippen LogP contribution in [-0.4, -0.2) is 9.38 Å². The molecule has 2 aromatic heterocycles. The zero-order valence-electron chi connectivity index (χ0n) is 9.75. The lowest BCUT2D eigenvalue weighted by Gasteiger charge is -2.00. The lowest BCUT2D eigenvalue weighted by Crippen LogP contribution is -1.85. The SMILES string of the molecule is N#CSc1c(-c2cccc(Br)c2)nc2ccccn12. The van der Waals surface area contributed by atoms with Gasteiger partial charge in [0.05, 0.1) is 0 Å². The molecule has 0 unspecified atom stereocenters. The van der Waals surface area contributed by atoms with Gasteiger partial charge in [0.15, 0.2) is 0 Å². The summed E-state index contributed by atoms with van der Waals surface area (Å²) in [6.45, 7) is 0. The predicted octanol–water partition coefficient (Wildman–Crippen LogP) is 4.34. The monoisotopic (exact) mass is 329 g/mol. The van der Waals surface area contributed by atoms with Gasteiger partial charge in [0.1, 0.15) is 21.8 Å². The standard InChI is InChI=1S/C14H8BrN3S/c15-11-5-3-4-10(8-11)13-14(19-9-16)18-7-2-1-6-12(18)17-13/h1-8H. The number of halogens is 1. The summed E-state index contributed by atoms with van der Waals surface area (Å²) in [7, 11) is 0. The Bertz CT molecular complexity index is 789. The summed E-state index contributed by atoms with van der Waals surface area (Å²) in [5, 5.41) is 12.0. The van der Waals surface area contributed by atoms with Crippen LogP contribution in [0.1, 0.15) is 0 Å². The molecule has 1 aromatic carbocycles. The molecule has 0 amide bonds. The minimum atomic E-state index is 0.832. The molecule has 3 nitrogen and oxygen atoms in total. The van der Waals surface area contributed by atoms with Crippen LogP contribution in [0.4, 0.5) is 0 Å². The normalized spacial score (nSPS) is 10.5. The number of rotatable bonds is 2. The summed E-state index contributed by atoms with van der Waals surface area (Å²) in [5.74, 6) is 0. The molecule has 0 bridgehead atoms. The number of thiocyanates is 1. The van der Waals surface area contributed by atoms with E-state index in [1.807, 2.05) is 53.1 Å². The van der Waals surface area contributed by atoms with Crippen molar-refractivity contribution in [3.63, 3.8) is 0 Å². The van der Waals surface area contributed by atoms with Crippen molar-refractivity contribution in [3.05, 3.63) is 53.1 Å². The second kappa shape index (κ2) is 5.08. The molecule has 0 atom stereocenters. The van der Waals surface area contributed by atoms with Crippen molar-refractivity contribution in [1.29, 1.82) is 5.26 Å². The van der Waals surface area contributed by atoms with E-state index in [1.165, 1.54) is 0 Å². The molecule has 0 aliphatic heterocycles. The molecular formula is C14H8BrN3S. The van der Waals surface area contributed by atoms with Crippen molar-refractivity contribution >= 4 is 33.3 Å². The number of nitriles is 1. The Morgan fingerprint density at radius 2 is 2.11 bits per heavy atom. The minimum absolute atomic E-state index is 0.832. The lowest BCUT2D eigenvalue weighted by atomic mass is 10.2. The van der Waals surface area contributed by atoms with Crippen LogP contribution in [0.15, 0.2) is 58.2 Å². The summed E-state index contributed by atoms with van der Waals surface area (Å²) in [6.07, 6.45) is 1.92. The molecule has 0 spiro atoms. The van der Waals surface area contributed by atoms with Crippen LogP contribution in [0, 0.1) is 10.7 Å². The highest BCUT2D eigenvalue weighted by atomic mass is 79.9. The molecule has 0 N–H and O–H groups in total. The number of benzene rings is 1. The molecule has 2 heterocycles. The van der Waals surface area contributed by atoms with Gasteiger partial charge < -0.3 is 0 Å². The van der Waals surface area contributed by atoms with Crippen molar-refractivity contribution in [3.8, 4) is 16.7 Å². The van der Waals surface area contributed by atoms with Crippen LogP contribution in [-0.2, 0) is 0 Å². The quantitative estimate of drug-likeness (QED) is 0.518. The number of hydrogen-bond donors (Lipinski definition) is 0. The molecule has 19 heavy (non-hydrogen) atoms. The summed E-state index contributed by atoms with van der Waals surface area (Å²) in [6, 6.07) is 13.7. The van der Waals surface area contributed by atoms with Gasteiger partial charge in [-0.2, -0.15) is 5.26 Å². The highest BCUT2D eigenvalue weighted by Crippen LogP contribution is 2.32. The Balaban J connectivity index is 2.28. The topological polar surface area (TPSA) is 41.1 Å². The molecule has 92 valence electrons. The maximum absolute atomic E-state index is 8.99. The lowest BCUT2D eigenvalue weighted by molar-refractivity contribution is 1.06. The second-order valence-electron chi connectivity index (χ2n) is 3.90. The van der Waals surface area contributed by atoms with E-state index in [2.05, 4.69) is 26.3 Å². The third-order valence-electron chi connectivity index (χ3n) is 2.73. The van der Waals surface area contributed by atoms with E-state index in [4.69, 9.17) is 5.26 Å². The first-order chi connectivity index (χ1) is 9.29. The molecule has 3 rings (SSSR count). The van der Waals surface area contributed by atoms with Crippen molar-refractivity contribution in [2.24, 2.45) is 0 Å². The third kappa shape index (κ3) is 2.25. The van der Waals surface area contributed by atoms with Crippen molar-refractivity contribution in [2.75, 3.05) is 0 Å². The number of aromatic nitrogens is 2. The van der Waals surface area contributed by atoms with Gasteiger partial charge in [0.25, 0.3) is 0 Å². The van der Waals surface area contributed by atoms with Gasteiger partial charge in [-0.3, -0.25) is 4.40 Å². The minimum Gasteiger partial charge on any atom is -0.293 e. The van der Waals surface area contributed by atoms with Crippen molar-refractivity contribution in [1.82, 2.24) is 9.38 Å². The van der Waals surface area contributed by atoms with Crippen LogP contribution in [0.5, 0.6) is 0 Å². The number of thioether (sulfide) groups is 1. The molecule has 0 aliphatic rings. The van der Waals surface area contributed by atoms with Gasteiger partial charge in [0, 0.05) is 28.0 Å². The fraction of sp³-hybridized carbons (Fsp3) is 0. The smallest absolute Gasteiger partial charge is 0.140 e. The highest BCUT2D eigenvalue weighted by molar-refractivity contribution is 9.10. The Labute approximate surface area is 123 Å². The average Bonchev–Trinajstić information content (AvgIpc) is 2.79. The number of fused-ring (bicyclic) bond motifs is 1. The van der Waals surface area contributed by atoms with Gasteiger partial charge in [-0.15, -0.1) is 0 Å². The predicted molar refractivity (Wildman–Crippen MR) is 79.8 cm³/mol. The van der Waals surface area contributed by atoms with Gasteiger partial charge in [0.2, 0.25) is 0 Å². The first-order valence-corrected chi connectivity index (χ1v) is 7.19. The van der Waals surface area contributed by atoms with E-state index in [0.717, 1.165) is 38.2 Å². The average molecular weight is 330 g/mol. The van der Waals surface area contributed by atoms with Gasteiger partial charge in [-0.05, 0) is 24.3 Å². The summed E-state index contributed by atoms with van der Waals surface area (Å²) < 4.78 is 2.93. The summed E-state index contributed by atoms with van der Waals surface area (Å²) >= 11 is 4.59. The zero-order chi connectivity index (χ0) is 13.2. The van der Waals surface area contributed by atoms with E-state index in [-0.39, 0.29) is 0 Å². The first kappa shape index (κ1) is 12.3. The number of hydrogen-bond acceptors (Lipinski definition) is 3. The van der Waals surface area contributed by atoms with E-state index >= 15 is 0 Å². The molecule has 0 saturated carbocycles.